The number of nitrogens with one attached hydrogen (secondary N) is 3. The molecule has 0 saturated carbocycles. The third kappa shape index (κ3) is 9.65. The van der Waals surface area contributed by atoms with Crippen LogP contribution in [-0.4, -0.2) is 148 Å². The topological polar surface area (TPSA) is 185 Å². The predicted octanol–water partition coefficient (Wildman–Crippen LogP) is 4.90. The van der Waals surface area contributed by atoms with Crippen molar-refractivity contribution < 1.29 is 32.3 Å². The lowest BCUT2D eigenvalue weighted by atomic mass is 9.98. The maximum absolute atomic E-state index is 13.8. The fourth-order valence-electron chi connectivity index (χ4n) is 11.2. The summed E-state index contributed by atoms with van der Waals surface area (Å²) in [6.45, 7) is 12.8. The van der Waals surface area contributed by atoms with Crippen LogP contribution in [-0.2, 0) is 37.4 Å². The summed E-state index contributed by atoms with van der Waals surface area (Å²) in [4.78, 5) is 59.3. The van der Waals surface area contributed by atoms with Gasteiger partial charge in [-0.05, 0) is 93.3 Å². The fraction of sp³-hybridized carbons (Fsp3) is 0.500. The van der Waals surface area contributed by atoms with E-state index >= 15 is 0 Å². The molecule has 6 aliphatic rings. The Morgan fingerprint density at radius 1 is 0.768 bits per heavy atom. The Kier molecular flexibility index (Phi) is 13.1. The van der Waals surface area contributed by atoms with Crippen LogP contribution in [0.25, 0.3) is 0 Å². The maximum atomic E-state index is 13.8. The summed E-state index contributed by atoms with van der Waals surface area (Å²) >= 11 is 0. The summed E-state index contributed by atoms with van der Waals surface area (Å²) in [5, 5.41) is 9.16. The Bertz CT molecular complexity index is 2730. The minimum atomic E-state index is -3.44. The van der Waals surface area contributed by atoms with Crippen LogP contribution in [0.1, 0.15) is 71.1 Å². The van der Waals surface area contributed by atoms with Gasteiger partial charge in [0.15, 0.2) is 0 Å². The molecule has 0 radical (unpaired) electrons. The van der Waals surface area contributed by atoms with Crippen molar-refractivity contribution >= 4 is 67.9 Å². The van der Waals surface area contributed by atoms with Gasteiger partial charge in [0, 0.05) is 112 Å². The summed E-state index contributed by atoms with van der Waals surface area (Å²) in [7, 11) is -1.76. The minimum Gasteiger partial charge on any atom is -0.494 e. The van der Waals surface area contributed by atoms with Crippen molar-refractivity contribution in [2.45, 2.75) is 83.5 Å². The summed E-state index contributed by atoms with van der Waals surface area (Å²) in [6.07, 6.45) is 8.46. The molecule has 0 spiro atoms. The molecular formula is C50H63N11O7S. The maximum Gasteiger partial charge on any atom is 0.256 e. The molecule has 1 unspecified atom stereocenters. The first kappa shape index (κ1) is 46.7. The van der Waals surface area contributed by atoms with Crippen molar-refractivity contribution in [3.63, 3.8) is 0 Å². The third-order valence-electron chi connectivity index (χ3n) is 15.0. The smallest absolute Gasteiger partial charge is 0.256 e. The molecule has 0 bridgehead atoms. The average molecular weight is 962 g/mol. The number of ether oxygens (including phenoxy) is 2. The zero-order chi connectivity index (χ0) is 48.0. The SMILES string of the molecule is COc1cc(N2CCC(N3CCN(C4CCN(c5ccc6c(c5)C(=O)N(C5CCC(=O)NC5=O)COC6)CC4)CC3)CC2)c(C)cc1Nc1ncc(C)c(Nc2cccc3c2N(S(C)(=O)=O)CC3)n1. The number of carbonyl (C=O) groups excluding carboxylic acids is 3. The van der Waals surface area contributed by atoms with Gasteiger partial charge in [-0.3, -0.25) is 33.8 Å². The Balaban J connectivity index is 0.709. The number of rotatable bonds is 11. The molecule has 19 heteroatoms. The van der Waals surface area contributed by atoms with Gasteiger partial charge in [-0.1, -0.05) is 18.2 Å². The molecule has 4 fully saturated rings. The number of aryl methyl sites for hydroxylation is 2. The molecule has 3 amide bonds. The van der Waals surface area contributed by atoms with Gasteiger partial charge >= 0.3 is 0 Å². The quantitative estimate of drug-likeness (QED) is 0.172. The number of hydrogen-bond donors (Lipinski definition) is 3. The van der Waals surface area contributed by atoms with Gasteiger partial charge in [-0.25, -0.2) is 13.4 Å². The second-order valence-corrected chi connectivity index (χ2v) is 21.2. The standard InChI is InChI=1S/C50H63N11O7S/c1-32-26-41(53-50-51-29-33(2)47(55-50)52-40-7-5-6-34-12-21-61(46(34)40)69(4,65)66)44(67-3)28-43(32)59-19-15-37(16-20-59)58-24-22-57(23-25-58)36-13-17-56(18-14-36)38-9-8-35-30-68-31-60(49(64)39(35)27-38)42-10-11-45(62)54-48(42)63/h5-9,26-29,36-37,42H,10-25,30-31H2,1-4H3,(H,54,62,63)(H2,51,52,53,55). The summed E-state index contributed by atoms with van der Waals surface area (Å²) in [5.41, 5.74) is 8.59. The lowest BCUT2D eigenvalue weighted by Crippen LogP contribution is -2.56. The minimum absolute atomic E-state index is 0.0147. The Morgan fingerprint density at radius 3 is 2.16 bits per heavy atom. The summed E-state index contributed by atoms with van der Waals surface area (Å²) in [6, 6.07) is 16.4. The van der Waals surface area contributed by atoms with Gasteiger partial charge in [0.05, 0.1) is 37.0 Å². The lowest BCUT2D eigenvalue weighted by molar-refractivity contribution is -0.138. The van der Waals surface area contributed by atoms with Crippen LogP contribution in [0, 0.1) is 13.8 Å². The summed E-state index contributed by atoms with van der Waals surface area (Å²) in [5.74, 6) is 0.697. The van der Waals surface area contributed by atoms with Crippen LogP contribution in [0.2, 0.25) is 0 Å². The van der Waals surface area contributed by atoms with Crippen molar-refractivity contribution in [1.29, 1.82) is 0 Å². The highest BCUT2D eigenvalue weighted by Gasteiger charge is 2.38. The van der Waals surface area contributed by atoms with E-state index in [1.807, 2.05) is 37.3 Å². The van der Waals surface area contributed by atoms with Gasteiger partial charge in [-0.2, -0.15) is 4.98 Å². The number of para-hydroxylation sites is 1. The van der Waals surface area contributed by atoms with E-state index in [1.54, 1.807) is 13.3 Å². The number of anilines is 7. The van der Waals surface area contributed by atoms with Crippen LogP contribution in [0.5, 0.6) is 5.75 Å². The molecule has 7 heterocycles. The predicted molar refractivity (Wildman–Crippen MR) is 265 cm³/mol. The van der Waals surface area contributed by atoms with E-state index in [9.17, 15) is 22.8 Å². The van der Waals surface area contributed by atoms with Gasteiger partial charge in [0.2, 0.25) is 27.8 Å². The largest absolute Gasteiger partial charge is 0.494 e. The van der Waals surface area contributed by atoms with E-state index in [0.29, 0.717) is 72.5 Å². The van der Waals surface area contributed by atoms with E-state index in [-0.39, 0.29) is 25.0 Å². The highest BCUT2D eigenvalue weighted by Crippen LogP contribution is 2.40. The second-order valence-electron chi connectivity index (χ2n) is 19.3. The molecule has 1 atom stereocenters. The van der Waals surface area contributed by atoms with Gasteiger partial charge < -0.3 is 34.8 Å². The molecule has 69 heavy (non-hydrogen) atoms. The highest BCUT2D eigenvalue weighted by molar-refractivity contribution is 7.92. The molecule has 18 nitrogen and oxygen atoms in total. The van der Waals surface area contributed by atoms with Crippen LogP contribution in [0.3, 0.4) is 0 Å². The Hall–Kier alpha value is -6.02. The number of aromatic nitrogens is 2. The van der Waals surface area contributed by atoms with Crippen LogP contribution >= 0.6 is 0 Å². The molecule has 6 aliphatic heterocycles. The number of piperidine rings is 3. The summed E-state index contributed by atoms with van der Waals surface area (Å²) < 4.78 is 38.4. The molecular weight excluding hydrogens is 899 g/mol. The number of carbonyl (C=O) groups is 3. The molecule has 10 rings (SSSR count). The zero-order valence-corrected chi connectivity index (χ0v) is 40.8. The van der Waals surface area contributed by atoms with Crippen molar-refractivity contribution in [2.75, 3.05) is 104 Å². The van der Waals surface area contributed by atoms with E-state index in [4.69, 9.17) is 14.5 Å². The normalized spacial score (nSPS) is 21.2. The first-order chi connectivity index (χ1) is 33.3. The monoisotopic (exact) mass is 961 g/mol. The zero-order valence-electron chi connectivity index (χ0n) is 40.0. The molecule has 3 N–H and O–H groups in total. The number of nitrogens with zero attached hydrogens (tertiary/aromatic N) is 8. The van der Waals surface area contributed by atoms with E-state index < -0.39 is 22.0 Å². The van der Waals surface area contributed by atoms with Crippen LogP contribution < -0.4 is 34.8 Å². The Morgan fingerprint density at radius 2 is 1.48 bits per heavy atom. The van der Waals surface area contributed by atoms with Crippen molar-refractivity contribution in [3.05, 3.63) is 82.5 Å². The first-order valence-electron chi connectivity index (χ1n) is 24.3. The van der Waals surface area contributed by atoms with Gasteiger partial charge in [0.25, 0.3) is 5.91 Å². The number of methoxy groups -OCH3 is 1. The van der Waals surface area contributed by atoms with Gasteiger partial charge in [-0.15, -0.1) is 0 Å². The molecule has 1 aromatic heterocycles. The molecule has 0 aliphatic carbocycles. The number of imide groups is 1. The van der Waals surface area contributed by atoms with E-state index in [2.05, 4.69) is 65.7 Å². The lowest BCUT2D eigenvalue weighted by Gasteiger charge is -2.46. The number of benzene rings is 3. The average Bonchev–Trinajstić information content (AvgIpc) is 3.74. The second kappa shape index (κ2) is 19.4. The third-order valence-corrected chi connectivity index (χ3v) is 16.2. The number of piperazine rings is 1. The van der Waals surface area contributed by atoms with Crippen LogP contribution in [0.4, 0.5) is 40.2 Å². The molecule has 4 aromatic rings. The number of sulfonamides is 1. The first-order valence-corrected chi connectivity index (χ1v) is 26.2. The van der Waals surface area contributed by atoms with Crippen LogP contribution in [0.15, 0.2) is 54.7 Å². The highest BCUT2D eigenvalue weighted by atomic mass is 32.2. The van der Waals surface area contributed by atoms with Crippen molar-refractivity contribution in [2.24, 2.45) is 0 Å². The van der Waals surface area contributed by atoms with Crippen molar-refractivity contribution in [1.82, 2.24) is 30.0 Å². The fourth-order valence-corrected chi connectivity index (χ4v) is 12.2. The Labute approximate surface area is 404 Å². The molecule has 4 saturated heterocycles. The van der Waals surface area contributed by atoms with Crippen molar-refractivity contribution in [3.8, 4) is 5.75 Å². The molecule has 366 valence electrons. The number of fused-ring (bicyclic) bond motifs is 2. The van der Waals surface area contributed by atoms with E-state index in [1.165, 1.54) is 15.5 Å². The molecule has 3 aromatic carbocycles. The van der Waals surface area contributed by atoms with Gasteiger partial charge in [0.1, 0.15) is 24.3 Å². The number of amides is 3. The number of hydrogen-bond acceptors (Lipinski definition) is 15. The van der Waals surface area contributed by atoms with E-state index in [0.717, 1.165) is 117 Å².